The summed E-state index contributed by atoms with van der Waals surface area (Å²) in [4.78, 5) is 21.8. The first-order chi connectivity index (χ1) is 7.57. The molecule has 0 spiro atoms. The number of carbonyl (C=O) groups excluding carboxylic acids is 1. The van der Waals surface area contributed by atoms with Crippen LogP contribution >= 0.6 is 0 Å². The average Bonchev–Trinajstić information content (AvgIpc) is 2.21. The summed E-state index contributed by atoms with van der Waals surface area (Å²) in [6.45, 7) is 1.57. The maximum atomic E-state index is 11.9. The first-order valence-electron chi connectivity index (χ1n) is 4.82. The average molecular weight is 257 g/mol. The van der Waals surface area contributed by atoms with Crippen LogP contribution in [0.5, 0.6) is 0 Å². The monoisotopic (exact) mass is 257 g/mol. The fourth-order valence-corrected chi connectivity index (χ4v) is 0.915. The molecule has 0 fully saturated rings. The Balaban J connectivity index is 4.24. The topological polar surface area (TPSA) is 86.6 Å². The molecular formula is C9H14F3NO4. The first-order valence-corrected chi connectivity index (χ1v) is 4.82. The summed E-state index contributed by atoms with van der Waals surface area (Å²) in [5, 5.41) is 19.1. The van der Waals surface area contributed by atoms with Crippen molar-refractivity contribution in [2.45, 2.75) is 26.1 Å². The Morgan fingerprint density at radius 1 is 1.24 bits per heavy atom. The van der Waals surface area contributed by atoms with Crippen LogP contribution in [0, 0.1) is 11.8 Å². The van der Waals surface area contributed by atoms with Crippen molar-refractivity contribution >= 4 is 11.9 Å². The van der Waals surface area contributed by atoms with Gasteiger partial charge in [-0.3, -0.25) is 9.59 Å². The number of aliphatic hydroxyl groups is 1. The lowest BCUT2D eigenvalue weighted by molar-refractivity contribution is -0.202. The van der Waals surface area contributed by atoms with Crippen molar-refractivity contribution < 1.29 is 33.0 Å². The molecule has 8 heteroatoms. The van der Waals surface area contributed by atoms with E-state index in [1.165, 1.54) is 13.8 Å². The second-order valence-corrected chi connectivity index (χ2v) is 3.72. The molecule has 3 atom stereocenters. The van der Waals surface area contributed by atoms with Gasteiger partial charge < -0.3 is 15.5 Å². The van der Waals surface area contributed by atoms with E-state index < -0.39 is 42.5 Å². The highest BCUT2D eigenvalue weighted by atomic mass is 19.4. The van der Waals surface area contributed by atoms with E-state index in [1.54, 1.807) is 0 Å². The maximum Gasteiger partial charge on any atom is 0.416 e. The van der Waals surface area contributed by atoms with Crippen molar-refractivity contribution in [1.82, 2.24) is 5.32 Å². The number of aliphatic hydroxyl groups excluding tert-OH is 1. The maximum absolute atomic E-state index is 11.9. The molecule has 0 aliphatic carbocycles. The molecule has 0 aromatic rings. The summed E-state index contributed by atoms with van der Waals surface area (Å²) >= 11 is 0. The van der Waals surface area contributed by atoms with E-state index in [1.807, 2.05) is 5.32 Å². The smallest absolute Gasteiger partial charge is 0.416 e. The molecule has 0 aromatic carbocycles. The number of aliphatic carboxylic acids is 1. The van der Waals surface area contributed by atoms with Gasteiger partial charge in [-0.1, -0.05) is 13.8 Å². The molecule has 0 saturated heterocycles. The minimum atomic E-state index is -4.81. The van der Waals surface area contributed by atoms with Crippen LogP contribution in [0.1, 0.15) is 13.8 Å². The molecule has 0 saturated carbocycles. The number of hydrogen-bond acceptors (Lipinski definition) is 3. The normalized spacial score (nSPS) is 17.1. The van der Waals surface area contributed by atoms with Crippen molar-refractivity contribution in [3.05, 3.63) is 0 Å². The largest absolute Gasteiger partial charge is 0.481 e. The second kappa shape index (κ2) is 5.85. The molecule has 1 amide bonds. The third kappa shape index (κ3) is 5.03. The summed E-state index contributed by atoms with van der Waals surface area (Å²) < 4.78 is 35.7. The minimum absolute atomic E-state index is 0.844. The molecule has 5 nitrogen and oxygen atoms in total. The summed E-state index contributed by atoms with van der Waals surface area (Å²) in [5.41, 5.74) is 0. The van der Waals surface area contributed by atoms with Crippen molar-refractivity contribution in [3.63, 3.8) is 0 Å². The number of amides is 1. The van der Waals surface area contributed by atoms with Gasteiger partial charge in [-0.25, -0.2) is 0 Å². The molecule has 0 rings (SSSR count). The predicted octanol–water partition coefficient (Wildman–Crippen LogP) is 0.383. The highest BCUT2D eigenvalue weighted by Crippen LogP contribution is 2.19. The van der Waals surface area contributed by atoms with Gasteiger partial charge in [0.2, 0.25) is 5.91 Å². The molecule has 0 aromatic heterocycles. The van der Waals surface area contributed by atoms with Gasteiger partial charge in [0.05, 0.1) is 12.5 Å². The highest BCUT2D eigenvalue weighted by Gasteiger charge is 2.38. The molecular weight excluding hydrogens is 243 g/mol. The van der Waals surface area contributed by atoms with E-state index in [0.717, 1.165) is 0 Å². The van der Waals surface area contributed by atoms with Crippen LogP contribution in [0.15, 0.2) is 0 Å². The first kappa shape index (κ1) is 15.7. The molecule has 0 radical (unpaired) electrons. The van der Waals surface area contributed by atoms with Gasteiger partial charge in [0.25, 0.3) is 0 Å². The Kier molecular flexibility index (Phi) is 5.40. The molecule has 17 heavy (non-hydrogen) atoms. The molecule has 0 aliphatic heterocycles. The molecule has 3 N–H and O–H groups in total. The van der Waals surface area contributed by atoms with Crippen molar-refractivity contribution in [1.29, 1.82) is 0 Å². The van der Waals surface area contributed by atoms with E-state index in [0.29, 0.717) is 0 Å². The Hall–Kier alpha value is -1.31. The van der Waals surface area contributed by atoms with Crippen molar-refractivity contribution in [2.24, 2.45) is 11.8 Å². The van der Waals surface area contributed by atoms with Gasteiger partial charge in [-0.15, -0.1) is 0 Å². The number of nitrogens with one attached hydrogen (secondary N) is 1. The summed E-state index contributed by atoms with van der Waals surface area (Å²) in [6, 6.07) is 0. The van der Waals surface area contributed by atoms with Crippen LogP contribution in [-0.4, -0.2) is 40.9 Å². The molecule has 0 aliphatic rings. The van der Waals surface area contributed by atoms with Gasteiger partial charge >= 0.3 is 12.1 Å². The number of carbonyl (C=O) groups is 2. The lowest BCUT2D eigenvalue weighted by Gasteiger charge is -2.18. The van der Waals surface area contributed by atoms with Gasteiger partial charge in [-0.2, -0.15) is 13.2 Å². The van der Waals surface area contributed by atoms with E-state index in [4.69, 9.17) is 10.2 Å². The Bertz CT molecular complexity index is 292. The number of carboxylic acids is 1. The lowest BCUT2D eigenvalue weighted by atomic mass is 9.95. The minimum Gasteiger partial charge on any atom is -0.481 e. The molecule has 100 valence electrons. The van der Waals surface area contributed by atoms with E-state index in [2.05, 4.69) is 0 Å². The number of carboxylic acid groups (broad SMARTS) is 1. The summed E-state index contributed by atoms with van der Waals surface area (Å²) in [7, 11) is 0. The Morgan fingerprint density at radius 2 is 1.71 bits per heavy atom. The quantitative estimate of drug-likeness (QED) is 0.664. The van der Waals surface area contributed by atoms with E-state index in [9.17, 15) is 22.8 Å². The van der Waals surface area contributed by atoms with Crippen molar-refractivity contribution in [2.75, 3.05) is 6.54 Å². The number of rotatable bonds is 5. The predicted molar refractivity (Wildman–Crippen MR) is 51.0 cm³/mol. The number of hydrogen-bond donors (Lipinski definition) is 3. The van der Waals surface area contributed by atoms with Gasteiger partial charge in [0.1, 0.15) is 0 Å². The fraction of sp³-hybridized carbons (Fsp3) is 0.778. The SMILES string of the molecule is CC(C(=O)O)C(C)C(=O)NCC(O)C(F)(F)F. The number of halogens is 3. The van der Waals surface area contributed by atoms with Crippen LogP contribution in [0.2, 0.25) is 0 Å². The molecule has 0 bridgehead atoms. The fourth-order valence-electron chi connectivity index (χ4n) is 0.915. The summed E-state index contributed by atoms with van der Waals surface area (Å²) in [6.07, 6.45) is -7.46. The summed E-state index contributed by atoms with van der Waals surface area (Å²) in [5.74, 6) is -4.06. The standard InChI is InChI=1S/C9H14F3NO4/c1-4(5(2)8(16)17)7(15)13-3-6(14)9(10,11)12/h4-6,14H,3H2,1-2H3,(H,13,15)(H,16,17). The van der Waals surface area contributed by atoms with E-state index in [-0.39, 0.29) is 0 Å². The second-order valence-electron chi connectivity index (χ2n) is 3.72. The van der Waals surface area contributed by atoms with Crippen LogP contribution in [0.25, 0.3) is 0 Å². The Labute approximate surface area is 95.6 Å². The zero-order chi connectivity index (χ0) is 13.8. The Morgan fingerprint density at radius 3 is 2.06 bits per heavy atom. The van der Waals surface area contributed by atoms with Gasteiger partial charge in [0, 0.05) is 5.92 Å². The zero-order valence-electron chi connectivity index (χ0n) is 9.28. The molecule has 3 unspecified atom stereocenters. The van der Waals surface area contributed by atoms with Crippen LogP contribution in [0.3, 0.4) is 0 Å². The highest BCUT2D eigenvalue weighted by molar-refractivity contribution is 5.84. The van der Waals surface area contributed by atoms with Crippen LogP contribution in [0.4, 0.5) is 13.2 Å². The third-order valence-corrected chi connectivity index (χ3v) is 2.40. The van der Waals surface area contributed by atoms with Crippen LogP contribution < -0.4 is 5.32 Å². The molecule has 0 heterocycles. The lowest BCUT2D eigenvalue weighted by Crippen LogP contribution is -2.43. The third-order valence-electron chi connectivity index (χ3n) is 2.40. The van der Waals surface area contributed by atoms with Gasteiger partial charge in [-0.05, 0) is 0 Å². The van der Waals surface area contributed by atoms with Gasteiger partial charge in [0.15, 0.2) is 6.10 Å². The van der Waals surface area contributed by atoms with Crippen molar-refractivity contribution in [3.8, 4) is 0 Å². The van der Waals surface area contributed by atoms with Crippen LogP contribution in [-0.2, 0) is 9.59 Å². The number of alkyl halides is 3. The zero-order valence-corrected chi connectivity index (χ0v) is 9.28. The van der Waals surface area contributed by atoms with E-state index >= 15 is 0 Å².